The molecule has 0 aliphatic carbocycles. The van der Waals surface area contributed by atoms with Crippen LogP contribution in [0.2, 0.25) is 0 Å². The number of aromatic nitrogens is 1. The molecule has 0 spiro atoms. The molecule has 1 aliphatic heterocycles. The zero-order valence-electron chi connectivity index (χ0n) is 16.3. The molecule has 29 heavy (non-hydrogen) atoms. The first kappa shape index (κ1) is 19.3. The third kappa shape index (κ3) is 4.70. The smallest absolute Gasteiger partial charge is 0.278 e. The molecule has 1 aliphatic rings. The molecular formula is C22H25N5O2. The number of non-ortho nitro benzene ring substituents is 1. The fraction of sp³-hybridized carbons (Fsp3) is 0.318. The van der Waals surface area contributed by atoms with Gasteiger partial charge in [-0.3, -0.25) is 24.9 Å². The molecule has 150 valence electrons. The highest BCUT2D eigenvalue weighted by atomic mass is 16.6. The largest absolute Gasteiger partial charge is 0.382 e. The summed E-state index contributed by atoms with van der Waals surface area (Å²) in [5.74, 6) is 0. The number of anilines is 1. The van der Waals surface area contributed by atoms with E-state index < -0.39 is 0 Å². The van der Waals surface area contributed by atoms with Crippen molar-refractivity contribution in [2.75, 3.05) is 44.6 Å². The van der Waals surface area contributed by atoms with Crippen LogP contribution in [0.4, 0.5) is 11.4 Å². The number of nitro benzene ring substituents is 1. The highest BCUT2D eigenvalue weighted by molar-refractivity contribution is 5.96. The van der Waals surface area contributed by atoms with E-state index in [9.17, 15) is 10.1 Å². The highest BCUT2D eigenvalue weighted by Gasteiger charge is 2.17. The Hall–Kier alpha value is -3.03. The van der Waals surface area contributed by atoms with Gasteiger partial charge in [-0.05, 0) is 23.8 Å². The van der Waals surface area contributed by atoms with Crippen LogP contribution < -0.4 is 5.32 Å². The summed E-state index contributed by atoms with van der Waals surface area (Å²) in [5, 5.41) is 15.2. The Morgan fingerprint density at radius 1 is 0.966 bits per heavy atom. The molecule has 0 atom stereocenters. The molecule has 0 amide bonds. The molecule has 3 aromatic rings. The second-order valence-corrected chi connectivity index (χ2v) is 7.32. The van der Waals surface area contributed by atoms with E-state index in [2.05, 4.69) is 50.4 Å². The van der Waals surface area contributed by atoms with Gasteiger partial charge in [-0.2, -0.15) is 0 Å². The van der Waals surface area contributed by atoms with Gasteiger partial charge in [-0.25, -0.2) is 0 Å². The van der Waals surface area contributed by atoms with Crippen molar-refractivity contribution >= 4 is 22.3 Å². The van der Waals surface area contributed by atoms with Crippen molar-refractivity contribution < 1.29 is 4.92 Å². The molecule has 1 aromatic heterocycles. The quantitative estimate of drug-likeness (QED) is 0.492. The molecule has 7 nitrogen and oxygen atoms in total. The first-order valence-electron chi connectivity index (χ1n) is 9.95. The molecule has 0 radical (unpaired) electrons. The van der Waals surface area contributed by atoms with Crippen LogP contribution in [0, 0.1) is 10.1 Å². The summed E-state index contributed by atoms with van der Waals surface area (Å²) in [5.41, 5.74) is 2.94. The van der Waals surface area contributed by atoms with Gasteiger partial charge in [0.2, 0.25) is 0 Å². The van der Waals surface area contributed by atoms with Crippen molar-refractivity contribution in [2.45, 2.75) is 6.54 Å². The lowest BCUT2D eigenvalue weighted by molar-refractivity contribution is -0.383. The van der Waals surface area contributed by atoms with E-state index in [0.717, 1.165) is 51.5 Å². The average Bonchev–Trinajstić information content (AvgIpc) is 2.75. The van der Waals surface area contributed by atoms with E-state index in [0.29, 0.717) is 10.9 Å². The molecular weight excluding hydrogens is 366 g/mol. The predicted molar refractivity (Wildman–Crippen MR) is 115 cm³/mol. The highest BCUT2D eigenvalue weighted by Crippen LogP contribution is 2.29. The third-order valence-electron chi connectivity index (χ3n) is 5.40. The normalized spacial score (nSPS) is 15.4. The van der Waals surface area contributed by atoms with Crippen molar-refractivity contribution in [1.82, 2.24) is 14.8 Å². The van der Waals surface area contributed by atoms with Crippen LogP contribution in [0.1, 0.15) is 5.56 Å². The van der Waals surface area contributed by atoms with E-state index in [1.54, 1.807) is 30.5 Å². The van der Waals surface area contributed by atoms with Crippen molar-refractivity contribution in [2.24, 2.45) is 0 Å². The Kier molecular flexibility index (Phi) is 5.97. The monoisotopic (exact) mass is 391 g/mol. The standard InChI is InChI=1S/C22H25N5O2/c28-27(29)21-9-8-20(22-19(21)7-4-10-24-22)23-11-12-25-13-15-26(16-14-25)17-18-5-2-1-3-6-18/h1-10,23H,11-17H2. The van der Waals surface area contributed by atoms with Crippen molar-refractivity contribution in [1.29, 1.82) is 0 Å². The van der Waals surface area contributed by atoms with Crippen LogP contribution in [-0.4, -0.2) is 59.0 Å². The predicted octanol–water partition coefficient (Wildman–Crippen LogP) is 3.37. The molecule has 0 bridgehead atoms. The fourth-order valence-corrected chi connectivity index (χ4v) is 3.82. The number of nitrogens with one attached hydrogen (secondary N) is 1. The average molecular weight is 391 g/mol. The van der Waals surface area contributed by atoms with Crippen LogP contribution in [0.15, 0.2) is 60.8 Å². The second kappa shape index (κ2) is 8.98. The van der Waals surface area contributed by atoms with Gasteiger partial charge >= 0.3 is 0 Å². The maximum Gasteiger partial charge on any atom is 0.278 e. The van der Waals surface area contributed by atoms with Gasteiger partial charge < -0.3 is 5.32 Å². The number of piperazine rings is 1. The van der Waals surface area contributed by atoms with Gasteiger partial charge in [0, 0.05) is 58.1 Å². The maximum atomic E-state index is 11.2. The number of rotatable bonds is 7. The van der Waals surface area contributed by atoms with Gasteiger partial charge in [0.1, 0.15) is 5.52 Å². The summed E-state index contributed by atoms with van der Waals surface area (Å²) >= 11 is 0. The first-order valence-corrected chi connectivity index (χ1v) is 9.95. The van der Waals surface area contributed by atoms with Crippen molar-refractivity contribution in [3.63, 3.8) is 0 Å². The minimum absolute atomic E-state index is 0.0909. The Morgan fingerprint density at radius 3 is 2.48 bits per heavy atom. The van der Waals surface area contributed by atoms with E-state index in [1.807, 2.05) is 0 Å². The second-order valence-electron chi connectivity index (χ2n) is 7.32. The van der Waals surface area contributed by atoms with E-state index in [-0.39, 0.29) is 10.6 Å². The topological polar surface area (TPSA) is 74.5 Å². The van der Waals surface area contributed by atoms with Crippen LogP contribution in [0.25, 0.3) is 10.9 Å². The van der Waals surface area contributed by atoms with Crippen molar-refractivity contribution in [3.05, 3.63) is 76.5 Å². The fourth-order valence-electron chi connectivity index (χ4n) is 3.82. The molecule has 4 rings (SSSR count). The zero-order valence-corrected chi connectivity index (χ0v) is 16.3. The number of nitrogens with zero attached hydrogens (tertiary/aromatic N) is 4. The summed E-state index contributed by atoms with van der Waals surface area (Å²) in [4.78, 5) is 20.2. The van der Waals surface area contributed by atoms with Gasteiger partial charge in [0.15, 0.2) is 0 Å². The SMILES string of the molecule is O=[N+]([O-])c1ccc(NCCN2CCN(Cc3ccccc3)CC2)c2ncccc12. The Bertz CT molecular complexity index is 971. The van der Waals surface area contributed by atoms with E-state index in [4.69, 9.17) is 0 Å². The number of benzene rings is 2. The first-order chi connectivity index (χ1) is 14.2. The number of hydrogen-bond acceptors (Lipinski definition) is 6. The minimum atomic E-state index is -0.358. The third-order valence-corrected chi connectivity index (χ3v) is 5.40. The van der Waals surface area contributed by atoms with Gasteiger partial charge in [-0.1, -0.05) is 30.3 Å². The summed E-state index contributed by atoms with van der Waals surface area (Å²) in [6.07, 6.45) is 1.67. The number of pyridine rings is 1. The van der Waals surface area contributed by atoms with Gasteiger partial charge in [-0.15, -0.1) is 0 Å². The lowest BCUT2D eigenvalue weighted by Gasteiger charge is -2.34. The van der Waals surface area contributed by atoms with Crippen LogP contribution in [0.3, 0.4) is 0 Å². The molecule has 2 heterocycles. The molecule has 7 heteroatoms. The van der Waals surface area contributed by atoms with Crippen molar-refractivity contribution in [3.8, 4) is 0 Å². The summed E-state index contributed by atoms with van der Waals surface area (Å²) in [6.45, 7) is 6.95. The lowest BCUT2D eigenvalue weighted by Crippen LogP contribution is -2.47. The summed E-state index contributed by atoms with van der Waals surface area (Å²) in [6, 6.07) is 17.4. The lowest BCUT2D eigenvalue weighted by atomic mass is 10.1. The zero-order chi connectivity index (χ0) is 20.1. The van der Waals surface area contributed by atoms with E-state index >= 15 is 0 Å². The Labute approximate surface area is 170 Å². The molecule has 2 aromatic carbocycles. The number of fused-ring (bicyclic) bond motifs is 1. The van der Waals surface area contributed by atoms with E-state index in [1.165, 1.54) is 5.56 Å². The minimum Gasteiger partial charge on any atom is -0.382 e. The Balaban J connectivity index is 1.29. The molecule has 0 unspecified atom stereocenters. The summed E-state index contributed by atoms with van der Waals surface area (Å²) in [7, 11) is 0. The summed E-state index contributed by atoms with van der Waals surface area (Å²) < 4.78 is 0. The van der Waals surface area contributed by atoms with Crippen LogP contribution in [0.5, 0.6) is 0 Å². The van der Waals surface area contributed by atoms with Crippen LogP contribution in [-0.2, 0) is 6.54 Å². The molecule has 0 saturated carbocycles. The maximum absolute atomic E-state index is 11.2. The van der Waals surface area contributed by atoms with Gasteiger partial charge in [0.05, 0.1) is 16.0 Å². The number of hydrogen-bond donors (Lipinski definition) is 1. The molecule has 1 saturated heterocycles. The van der Waals surface area contributed by atoms with Gasteiger partial charge in [0.25, 0.3) is 5.69 Å². The number of nitro groups is 1. The Morgan fingerprint density at radius 2 is 1.72 bits per heavy atom. The molecule has 1 fully saturated rings. The molecule has 1 N–H and O–H groups in total. The van der Waals surface area contributed by atoms with Crippen LogP contribution >= 0.6 is 0 Å².